The van der Waals surface area contributed by atoms with Crippen LogP contribution in [0.1, 0.15) is 44.0 Å². The van der Waals surface area contributed by atoms with E-state index in [-0.39, 0.29) is 22.9 Å². The fourth-order valence-electron chi connectivity index (χ4n) is 1.76. The second-order valence-corrected chi connectivity index (χ2v) is 5.40. The maximum absolute atomic E-state index is 12.0. The molecular weight excluding hydrogens is 306 g/mol. The number of hydrogen-bond donors (Lipinski definition) is 1. The molecule has 7 nitrogen and oxygen atoms in total. The number of carbonyl (C=O) groups excluding carboxylic acids is 2. The Kier molecular flexibility index (Phi) is 4.58. The van der Waals surface area contributed by atoms with E-state index < -0.39 is 11.9 Å². The topological polar surface area (TPSA) is 105 Å². The minimum Gasteiger partial charge on any atom is -0.462 e. The van der Waals surface area contributed by atoms with E-state index in [9.17, 15) is 14.9 Å². The van der Waals surface area contributed by atoms with Crippen LogP contribution in [0.15, 0.2) is 10.6 Å². The number of esters is 1. The zero-order valence-electron chi connectivity index (χ0n) is 12.2. The number of anilines is 1. The standard InChI is InChI=1S/C14H13N3O4S/c1-4-20-14(19)11-8(3)9(6-15)13(22-11)16-12(18)10-5-7(2)17-21-10/h5H,4H2,1-3H3,(H,16,18). The van der Waals surface area contributed by atoms with Crippen LogP contribution in [0.5, 0.6) is 0 Å². The van der Waals surface area contributed by atoms with Crippen LogP contribution in [0.4, 0.5) is 5.00 Å². The summed E-state index contributed by atoms with van der Waals surface area (Å²) in [5, 5.41) is 15.7. The molecule has 0 unspecified atom stereocenters. The molecule has 0 aliphatic carbocycles. The van der Waals surface area contributed by atoms with Gasteiger partial charge < -0.3 is 14.6 Å². The molecule has 0 aliphatic heterocycles. The molecule has 2 aromatic rings. The van der Waals surface area contributed by atoms with Crippen molar-refractivity contribution in [1.82, 2.24) is 5.16 Å². The van der Waals surface area contributed by atoms with Crippen LogP contribution in [0.25, 0.3) is 0 Å². The number of aromatic nitrogens is 1. The monoisotopic (exact) mass is 319 g/mol. The quantitative estimate of drug-likeness (QED) is 0.868. The molecule has 2 rings (SSSR count). The number of hydrogen-bond acceptors (Lipinski definition) is 7. The summed E-state index contributed by atoms with van der Waals surface area (Å²) in [5.41, 5.74) is 1.29. The third-order valence-electron chi connectivity index (χ3n) is 2.80. The van der Waals surface area contributed by atoms with Gasteiger partial charge in [-0.1, -0.05) is 5.16 Å². The van der Waals surface area contributed by atoms with Crippen LogP contribution >= 0.6 is 11.3 Å². The number of thiophene rings is 1. The summed E-state index contributed by atoms with van der Waals surface area (Å²) in [4.78, 5) is 24.2. The van der Waals surface area contributed by atoms with Crippen LogP contribution in [-0.4, -0.2) is 23.6 Å². The molecule has 0 aliphatic rings. The van der Waals surface area contributed by atoms with Crippen molar-refractivity contribution in [2.45, 2.75) is 20.8 Å². The Morgan fingerprint density at radius 2 is 2.23 bits per heavy atom. The second-order valence-electron chi connectivity index (χ2n) is 4.38. The van der Waals surface area contributed by atoms with E-state index in [4.69, 9.17) is 9.26 Å². The first-order valence-electron chi connectivity index (χ1n) is 6.43. The molecule has 0 atom stereocenters. The van der Waals surface area contributed by atoms with Crippen LogP contribution in [0.3, 0.4) is 0 Å². The van der Waals surface area contributed by atoms with E-state index in [1.54, 1.807) is 20.8 Å². The highest BCUT2D eigenvalue weighted by molar-refractivity contribution is 7.18. The minimum absolute atomic E-state index is 0.0325. The first kappa shape index (κ1) is 15.7. The van der Waals surface area contributed by atoms with Crippen LogP contribution in [-0.2, 0) is 4.74 Å². The van der Waals surface area contributed by atoms with Crippen molar-refractivity contribution in [3.05, 3.63) is 33.5 Å². The predicted octanol–water partition coefficient (Wildman–Crippen LogP) is 2.65. The highest BCUT2D eigenvalue weighted by Gasteiger charge is 2.23. The summed E-state index contributed by atoms with van der Waals surface area (Å²) in [5.74, 6) is -1.02. The Balaban J connectivity index is 2.31. The van der Waals surface area contributed by atoms with Crippen molar-refractivity contribution < 1.29 is 18.8 Å². The first-order chi connectivity index (χ1) is 10.5. The highest BCUT2D eigenvalue weighted by atomic mass is 32.1. The van der Waals surface area contributed by atoms with Gasteiger partial charge in [0.15, 0.2) is 0 Å². The number of nitriles is 1. The first-order valence-corrected chi connectivity index (χ1v) is 7.24. The largest absolute Gasteiger partial charge is 0.462 e. The third kappa shape index (κ3) is 2.99. The van der Waals surface area contributed by atoms with E-state index in [0.717, 1.165) is 11.3 Å². The van der Waals surface area contributed by atoms with Gasteiger partial charge in [-0.05, 0) is 26.3 Å². The van der Waals surface area contributed by atoms with Gasteiger partial charge in [0, 0.05) is 6.07 Å². The summed E-state index contributed by atoms with van der Waals surface area (Å²) >= 11 is 0.997. The number of amides is 1. The molecule has 0 aromatic carbocycles. The molecule has 1 amide bonds. The Hall–Kier alpha value is -2.66. The molecule has 2 aromatic heterocycles. The lowest BCUT2D eigenvalue weighted by Gasteiger charge is -1.99. The smallest absolute Gasteiger partial charge is 0.348 e. The number of rotatable bonds is 4. The van der Waals surface area contributed by atoms with Gasteiger partial charge in [-0.15, -0.1) is 11.3 Å². The number of aryl methyl sites for hydroxylation is 1. The third-order valence-corrected chi connectivity index (χ3v) is 3.99. The predicted molar refractivity (Wildman–Crippen MR) is 78.9 cm³/mol. The van der Waals surface area contributed by atoms with Crippen molar-refractivity contribution >= 4 is 28.2 Å². The van der Waals surface area contributed by atoms with Crippen LogP contribution in [0, 0.1) is 25.2 Å². The van der Waals surface area contributed by atoms with Gasteiger partial charge in [0.1, 0.15) is 15.9 Å². The van der Waals surface area contributed by atoms with Crippen LogP contribution < -0.4 is 5.32 Å². The number of ether oxygens (including phenoxy) is 1. The lowest BCUT2D eigenvalue weighted by Crippen LogP contribution is -2.10. The maximum Gasteiger partial charge on any atom is 0.348 e. The van der Waals surface area contributed by atoms with Crippen molar-refractivity contribution in [1.29, 1.82) is 5.26 Å². The van der Waals surface area contributed by atoms with Crippen molar-refractivity contribution in [3.8, 4) is 6.07 Å². The lowest BCUT2D eigenvalue weighted by atomic mass is 10.2. The van der Waals surface area contributed by atoms with E-state index >= 15 is 0 Å². The van der Waals surface area contributed by atoms with Crippen molar-refractivity contribution in [3.63, 3.8) is 0 Å². The van der Waals surface area contributed by atoms with Gasteiger partial charge >= 0.3 is 5.97 Å². The maximum atomic E-state index is 12.0. The molecule has 8 heteroatoms. The fraction of sp³-hybridized carbons (Fsp3) is 0.286. The van der Waals surface area contributed by atoms with Gasteiger partial charge in [0.05, 0.1) is 17.9 Å². The minimum atomic E-state index is -0.534. The van der Waals surface area contributed by atoms with Gasteiger partial charge in [-0.2, -0.15) is 5.26 Å². The van der Waals surface area contributed by atoms with Gasteiger partial charge in [-0.3, -0.25) is 4.79 Å². The van der Waals surface area contributed by atoms with Gasteiger partial charge in [-0.25, -0.2) is 4.79 Å². The molecule has 2 heterocycles. The normalized spacial score (nSPS) is 10.1. The molecule has 0 radical (unpaired) electrons. The van der Waals surface area contributed by atoms with E-state index in [2.05, 4.69) is 10.5 Å². The highest BCUT2D eigenvalue weighted by Crippen LogP contribution is 2.33. The summed E-state index contributed by atoms with van der Waals surface area (Å²) < 4.78 is 9.80. The molecule has 0 bridgehead atoms. The molecule has 1 N–H and O–H groups in total. The molecule has 0 saturated carbocycles. The Morgan fingerprint density at radius 1 is 1.50 bits per heavy atom. The molecule has 114 valence electrons. The fourth-order valence-corrected chi connectivity index (χ4v) is 2.81. The van der Waals surface area contributed by atoms with Gasteiger partial charge in [0.25, 0.3) is 5.91 Å². The summed E-state index contributed by atoms with van der Waals surface area (Å²) in [6.07, 6.45) is 0. The van der Waals surface area contributed by atoms with Crippen molar-refractivity contribution in [2.24, 2.45) is 0 Å². The Bertz CT molecular complexity index is 770. The summed E-state index contributed by atoms with van der Waals surface area (Å²) in [6.45, 7) is 5.25. The molecule has 0 spiro atoms. The number of nitrogens with one attached hydrogen (secondary N) is 1. The second kappa shape index (κ2) is 6.41. The molecule has 22 heavy (non-hydrogen) atoms. The zero-order valence-corrected chi connectivity index (χ0v) is 13.0. The average molecular weight is 319 g/mol. The number of carbonyl (C=O) groups is 2. The average Bonchev–Trinajstić information content (AvgIpc) is 3.03. The molecular formula is C14H13N3O4S. The Labute approximate surface area is 130 Å². The number of nitrogens with zero attached hydrogens (tertiary/aromatic N) is 2. The summed E-state index contributed by atoms with van der Waals surface area (Å²) in [7, 11) is 0. The van der Waals surface area contributed by atoms with E-state index in [1.165, 1.54) is 6.07 Å². The molecule has 0 fully saturated rings. The molecule has 0 saturated heterocycles. The Morgan fingerprint density at radius 3 is 2.77 bits per heavy atom. The lowest BCUT2D eigenvalue weighted by molar-refractivity contribution is 0.0531. The zero-order chi connectivity index (χ0) is 16.3. The van der Waals surface area contributed by atoms with Crippen LogP contribution in [0.2, 0.25) is 0 Å². The van der Waals surface area contributed by atoms with E-state index in [0.29, 0.717) is 16.1 Å². The summed E-state index contributed by atoms with van der Waals surface area (Å²) in [6, 6.07) is 3.47. The van der Waals surface area contributed by atoms with E-state index in [1.807, 2.05) is 6.07 Å². The van der Waals surface area contributed by atoms with Crippen molar-refractivity contribution in [2.75, 3.05) is 11.9 Å². The van der Waals surface area contributed by atoms with Gasteiger partial charge in [0.2, 0.25) is 5.76 Å². The SMILES string of the molecule is CCOC(=O)c1sc(NC(=O)c2cc(C)no2)c(C#N)c1C.